The van der Waals surface area contributed by atoms with Gasteiger partial charge in [-0.15, -0.1) is 11.3 Å². The molecule has 98 valence electrons. The van der Waals surface area contributed by atoms with E-state index in [4.69, 9.17) is 0 Å². The number of carbonyl (C=O) groups excluding carboxylic acids is 2. The predicted octanol–water partition coefficient (Wildman–Crippen LogP) is 1.71. The van der Waals surface area contributed by atoms with Crippen LogP contribution >= 0.6 is 11.3 Å². The Labute approximate surface area is 110 Å². The van der Waals surface area contributed by atoms with Crippen molar-refractivity contribution >= 4 is 23.3 Å². The van der Waals surface area contributed by atoms with Crippen molar-refractivity contribution in [2.75, 3.05) is 20.2 Å². The van der Waals surface area contributed by atoms with Crippen LogP contribution in [0.25, 0.3) is 0 Å². The highest BCUT2D eigenvalue weighted by Gasteiger charge is 2.24. The van der Waals surface area contributed by atoms with Gasteiger partial charge in [-0.1, -0.05) is 6.07 Å². The molecule has 1 saturated heterocycles. The molecule has 2 rings (SSSR count). The highest BCUT2D eigenvalue weighted by molar-refractivity contribution is 7.12. The first-order valence-corrected chi connectivity index (χ1v) is 6.76. The summed E-state index contributed by atoms with van der Waals surface area (Å²) in [5.41, 5.74) is 0. The Balaban J connectivity index is 1.80. The number of nitrogens with zero attached hydrogens (tertiary/aromatic N) is 1. The molecule has 2 heterocycles. The minimum Gasteiger partial charge on any atom is -0.453 e. The standard InChI is InChI=1S/C12H16N2O3S/c1-17-12(16)14-6-4-9(5-7-14)13-11(15)10-3-2-8-18-10/h2-3,8-9H,4-7H2,1H3,(H,13,15). The first-order chi connectivity index (χ1) is 8.70. The van der Waals surface area contributed by atoms with Crippen molar-refractivity contribution in [3.05, 3.63) is 22.4 Å². The third-order valence-corrected chi connectivity index (χ3v) is 3.88. The van der Waals surface area contributed by atoms with Crippen LogP contribution in [-0.2, 0) is 4.74 Å². The number of likely N-dealkylation sites (tertiary alicyclic amines) is 1. The first kappa shape index (κ1) is 12.9. The molecule has 1 aliphatic heterocycles. The summed E-state index contributed by atoms with van der Waals surface area (Å²) in [6.45, 7) is 1.25. The van der Waals surface area contributed by atoms with Crippen LogP contribution in [0.3, 0.4) is 0 Å². The molecule has 1 aliphatic rings. The molecule has 1 aromatic rings. The van der Waals surface area contributed by atoms with Crippen molar-refractivity contribution in [3.63, 3.8) is 0 Å². The van der Waals surface area contributed by atoms with Crippen LogP contribution < -0.4 is 5.32 Å². The molecule has 0 spiro atoms. The summed E-state index contributed by atoms with van der Waals surface area (Å²) in [5, 5.41) is 4.88. The van der Waals surface area contributed by atoms with Crippen LogP contribution in [0.5, 0.6) is 0 Å². The number of methoxy groups -OCH3 is 1. The van der Waals surface area contributed by atoms with E-state index in [-0.39, 0.29) is 18.0 Å². The van der Waals surface area contributed by atoms with Crippen molar-refractivity contribution < 1.29 is 14.3 Å². The number of hydrogen-bond donors (Lipinski definition) is 1. The van der Waals surface area contributed by atoms with E-state index in [9.17, 15) is 9.59 Å². The highest BCUT2D eigenvalue weighted by Crippen LogP contribution is 2.13. The molecule has 0 unspecified atom stereocenters. The largest absolute Gasteiger partial charge is 0.453 e. The van der Waals surface area contributed by atoms with Gasteiger partial charge in [-0.3, -0.25) is 4.79 Å². The summed E-state index contributed by atoms with van der Waals surface area (Å²) in [7, 11) is 1.38. The monoisotopic (exact) mass is 268 g/mol. The third kappa shape index (κ3) is 3.01. The Hall–Kier alpha value is -1.56. The maximum atomic E-state index is 11.8. The average molecular weight is 268 g/mol. The molecule has 0 saturated carbocycles. The molecule has 1 aromatic heterocycles. The normalized spacial score (nSPS) is 16.4. The van der Waals surface area contributed by atoms with Crippen molar-refractivity contribution in [2.45, 2.75) is 18.9 Å². The van der Waals surface area contributed by atoms with Gasteiger partial charge < -0.3 is 15.0 Å². The van der Waals surface area contributed by atoms with E-state index in [1.165, 1.54) is 18.4 Å². The van der Waals surface area contributed by atoms with Crippen LogP contribution in [0.1, 0.15) is 22.5 Å². The van der Waals surface area contributed by atoms with E-state index in [0.29, 0.717) is 13.1 Å². The third-order valence-electron chi connectivity index (χ3n) is 3.01. The highest BCUT2D eigenvalue weighted by atomic mass is 32.1. The second kappa shape index (κ2) is 5.86. The molecule has 2 amide bonds. The van der Waals surface area contributed by atoms with Crippen LogP contribution in [0, 0.1) is 0 Å². The lowest BCUT2D eigenvalue weighted by molar-refractivity contribution is 0.0896. The predicted molar refractivity (Wildman–Crippen MR) is 68.8 cm³/mol. The van der Waals surface area contributed by atoms with Crippen LogP contribution in [0.15, 0.2) is 17.5 Å². The Kier molecular flexibility index (Phi) is 4.19. The molecule has 0 radical (unpaired) electrons. The molecule has 0 aliphatic carbocycles. The number of carbonyl (C=O) groups is 2. The average Bonchev–Trinajstić information content (AvgIpc) is 2.92. The summed E-state index contributed by atoms with van der Waals surface area (Å²) in [6, 6.07) is 3.81. The van der Waals surface area contributed by atoms with Gasteiger partial charge in [0.15, 0.2) is 0 Å². The molecule has 18 heavy (non-hydrogen) atoms. The molecule has 6 heteroatoms. The Morgan fingerprint density at radius 1 is 1.44 bits per heavy atom. The molecule has 1 fully saturated rings. The topological polar surface area (TPSA) is 58.6 Å². The van der Waals surface area contributed by atoms with Gasteiger partial charge in [-0.05, 0) is 24.3 Å². The van der Waals surface area contributed by atoms with E-state index in [1.54, 1.807) is 4.90 Å². The number of nitrogens with one attached hydrogen (secondary N) is 1. The second-order valence-corrected chi connectivity index (χ2v) is 5.13. The minimum atomic E-state index is -0.293. The quantitative estimate of drug-likeness (QED) is 0.888. The second-order valence-electron chi connectivity index (χ2n) is 4.18. The van der Waals surface area contributed by atoms with Crippen LogP contribution in [0.4, 0.5) is 4.79 Å². The summed E-state index contributed by atoms with van der Waals surface area (Å²) >= 11 is 1.43. The lowest BCUT2D eigenvalue weighted by Crippen LogP contribution is -2.46. The lowest BCUT2D eigenvalue weighted by atomic mass is 10.1. The first-order valence-electron chi connectivity index (χ1n) is 5.88. The molecular weight excluding hydrogens is 252 g/mol. The molecule has 0 aromatic carbocycles. The summed E-state index contributed by atoms with van der Waals surface area (Å²) in [6.07, 6.45) is 1.25. The zero-order valence-corrected chi connectivity index (χ0v) is 11.0. The molecule has 0 bridgehead atoms. The van der Waals surface area contributed by atoms with Gasteiger partial charge >= 0.3 is 6.09 Å². The van der Waals surface area contributed by atoms with Gasteiger partial charge in [-0.2, -0.15) is 0 Å². The van der Waals surface area contributed by atoms with Gasteiger partial charge in [0.05, 0.1) is 12.0 Å². The van der Waals surface area contributed by atoms with Crippen molar-refractivity contribution in [3.8, 4) is 0 Å². The summed E-state index contributed by atoms with van der Waals surface area (Å²) in [5.74, 6) is -0.0264. The molecular formula is C12H16N2O3S. The Morgan fingerprint density at radius 3 is 2.72 bits per heavy atom. The smallest absolute Gasteiger partial charge is 0.409 e. The SMILES string of the molecule is COC(=O)N1CCC(NC(=O)c2cccs2)CC1. The molecule has 1 N–H and O–H groups in total. The van der Waals surface area contributed by atoms with Crippen LogP contribution in [-0.4, -0.2) is 43.1 Å². The van der Waals surface area contributed by atoms with Crippen molar-refractivity contribution in [2.24, 2.45) is 0 Å². The van der Waals surface area contributed by atoms with Crippen molar-refractivity contribution in [1.29, 1.82) is 0 Å². The van der Waals surface area contributed by atoms with Gasteiger partial charge in [-0.25, -0.2) is 4.79 Å². The Morgan fingerprint density at radius 2 is 2.17 bits per heavy atom. The summed E-state index contributed by atoms with van der Waals surface area (Å²) in [4.78, 5) is 25.5. The fourth-order valence-corrected chi connectivity index (χ4v) is 2.63. The fraction of sp³-hybridized carbons (Fsp3) is 0.500. The van der Waals surface area contributed by atoms with Gasteiger partial charge in [0, 0.05) is 19.1 Å². The van der Waals surface area contributed by atoms with E-state index < -0.39 is 0 Å². The van der Waals surface area contributed by atoms with E-state index >= 15 is 0 Å². The summed E-state index contributed by atoms with van der Waals surface area (Å²) < 4.78 is 4.67. The number of rotatable bonds is 2. The number of ether oxygens (including phenoxy) is 1. The number of hydrogen-bond acceptors (Lipinski definition) is 4. The molecule has 0 atom stereocenters. The van der Waals surface area contributed by atoms with Gasteiger partial charge in [0.1, 0.15) is 0 Å². The van der Waals surface area contributed by atoms with E-state index in [1.807, 2.05) is 17.5 Å². The fourth-order valence-electron chi connectivity index (χ4n) is 2.00. The maximum Gasteiger partial charge on any atom is 0.409 e. The van der Waals surface area contributed by atoms with Crippen LogP contribution in [0.2, 0.25) is 0 Å². The van der Waals surface area contributed by atoms with Gasteiger partial charge in [0.25, 0.3) is 5.91 Å². The van der Waals surface area contributed by atoms with E-state index in [0.717, 1.165) is 17.7 Å². The maximum absolute atomic E-state index is 11.8. The van der Waals surface area contributed by atoms with Gasteiger partial charge in [0.2, 0.25) is 0 Å². The van der Waals surface area contributed by atoms with E-state index in [2.05, 4.69) is 10.1 Å². The molecule has 5 nitrogen and oxygen atoms in total. The minimum absolute atomic E-state index is 0.0264. The zero-order valence-electron chi connectivity index (χ0n) is 10.2. The van der Waals surface area contributed by atoms with Crippen molar-refractivity contribution in [1.82, 2.24) is 10.2 Å². The number of piperidine rings is 1. The number of thiophene rings is 1. The number of amides is 2. The zero-order chi connectivity index (χ0) is 13.0. The lowest BCUT2D eigenvalue weighted by Gasteiger charge is -2.31. The Bertz CT molecular complexity index is 411.